The Labute approximate surface area is 169 Å². The lowest BCUT2D eigenvalue weighted by Crippen LogP contribution is -2.26. The van der Waals surface area contributed by atoms with Crippen molar-refractivity contribution in [2.75, 3.05) is 26.4 Å². The van der Waals surface area contributed by atoms with Gasteiger partial charge in [0, 0.05) is 26.2 Å². The molecule has 0 radical (unpaired) electrons. The van der Waals surface area contributed by atoms with Crippen molar-refractivity contribution < 1.29 is 14.3 Å². The molecule has 162 valence electrons. The fraction of sp³-hybridized carbons (Fsp3) is 0.957. The Morgan fingerprint density at radius 1 is 0.741 bits per heavy atom. The van der Waals surface area contributed by atoms with Crippen LogP contribution < -0.4 is 5.32 Å². The topological polar surface area (TPSA) is 47.6 Å². The maximum Gasteiger partial charge on any atom is 0.407 e. The molecule has 0 aromatic rings. The highest BCUT2D eigenvalue weighted by Gasteiger charge is 2.01. The SMILES string of the molecule is CCCCCCCCCCCCCCOCCCOC(=O)NCCC(C)C. The Morgan fingerprint density at radius 2 is 1.26 bits per heavy atom. The molecule has 0 atom stereocenters. The number of carbonyl (C=O) groups excluding carboxylic acids is 1. The first-order valence-electron chi connectivity index (χ1n) is 11.6. The maximum absolute atomic E-state index is 11.4. The third kappa shape index (κ3) is 23.2. The van der Waals surface area contributed by atoms with Crippen molar-refractivity contribution in [3.05, 3.63) is 0 Å². The van der Waals surface area contributed by atoms with Gasteiger partial charge in [0.25, 0.3) is 0 Å². The van der Waals surface area contributed by atoms with Gasteiger partial charge in [0.15, 0.2) is 0 Å². The summed E-state index contributed by atoms with van der Waals surface area (Å²) in [6, 6.07) is 0. The van der Waals surface area contributed by atoms with Gasteiger partial charge in [0.1, 0.15) is 0 Å². The number of amides is 1. The molecule has 0 bridgehead atoms. The van der Waals surface area contributed by atoms with E-state index in [-0.39, 0.29) is 6.09 Å². The van der Waals surface area contributed by atoms with Crippen molar-refractivity contribution in [1.29, 1.82) is 0 Å². The molecule has 0 unspecified atom stereocenters. The Balaban J connectivity index is 3.09. The number of carbonyl (C=O) groups is 1. The number of nitrogens with one attached hydrogen (secondary N) is 1. The normalized spacial score (nSPS) is 11.1. The molecule has 0 aliphatic carbocycles. The quantitative estimate of drug-likeness (QED) is 0.233. The molecule has 0 rings (SSSR count). The van der Waals surface area contributed by atoms with Crippen molar-refractivity contribution in [2.24, 2.45) is 5.92 Å². The van der Waals surface area contributed by atoms with Crippen LogP contribution in [0.4, 0.5) is 4.79 Å². The molecule has 0 fully saturated rings. The lowest BCUT2D eigenvalue weighted by Gasteiger charge is -2.08. The van der Waals surface area contributed by atoms with E-state index in [1.165, 1.54) is 70.6 Å². The summed E-state index contributed by atoms with van der Waals surface area (Å²) >= 11 is 0. The molecule has 27 heavy (non-hydrogen) atoms. The molecule has 1 N–H and O–H groups in total. The highest BCUT2D eigenvalue weighted by atomic mass is 16.5. The molecule has 0 aliphatic heterocycles. The van der Waals surface area contributed by atoms with Gasteiger partial charge in [-0.15, -0.1) is 0 Å². The molecular weight excluding hydrogens is 338 g/mol. The molecule has 1 amide bonds. The smallest absolute Gasteiger partial charge is 0.407 e. The van der Waals surface area contributed by atoms with Gasteiger partial charge in [-0.2, -0.15) is 0 Å². The Morgan fingerprint density at radius 3 is 1.81 bits per heavy atom. The highest BCUT2D eigenvalue weighted by Crippen LogP contribution is 2.11. The summed E-state index contributed by atoms with van der Waals surface area (Å²) in [6.45, 7) is 9.19. The van der Waals surface area contributed by atoms with E-state index < -0.39 is 0 Å². The molecule has 4 heteroatoms. The number of rotatable bonds is 20. The molecule has 0 saturated carbocycles. The molecule has 0 aromatic carbocycles. The summed E-state index contributed by atoms with van der Waals surface area (Å²) in [5.41, 5.74) is 0. The van der Waals surface area contributed by atoms with Crippen LogP contribution in [0.1, 0.15) is 111 Å². The largest absolute Gasteiger partial charge is 0.449 e. The minimum absolute atomic E-state index is 0.309. The van der Waals surface area contributed by atoms with Gasteiger partial charge >= 0.3 is 6.09 Å². The summed E-state index contributed by atoms with van der Waals surface area (Å²) < 4.78 is 10.7. The van der Waals surface area contributed by atoms with Crippen molar-refractivity contribution in [3.8, 4) is 0 Å². The van der Waals surface area contributed by atoms with Crippen LogP contribution in [-0.4, -0.2) is 32.5 Å². The molecule has 0 aromatic heterocycles. The summed E-state index contributed by atoms with van der Waals surface area (Å²) in [7, 11) is 0. The van der Waals surface area contributed by atoms with E-state index in [2.05, 4.69) is 26.1 Å². The van der Waals surface area contributed by atoms with Gasteiger partial charge in [-0.3, -0.25) is 0 Å². The predicted octanol–water partition coefficient (Wildman–Crippen LogP) is 6.87. The average molecular weight is 386 g/mol. The van der Waals surface area contributed by atoms with Gasteiger partial charge in [-0.05, 0) is 18.8 Å². The monoisotopic (exact) mass is 385 g/mol. The third-order valence-corrected chi connectivity index (χ3v) is 4.80. The van der Waals surface area contributed by atoms with Gasteiger partial charge in [0.05, 0.1) is 6.61 Å². The Kier molecular flexibility index (Phi) is 20.9. The zero-order chi connectivity index (χ0) is 20.0. The average Bonchev–Trinajstić information content (AvgIpc) is 2.64. The first-order valence-corrected chi connectivity index (χ1v) is 11.6. The van der Waals surface area contributed by atoms with Crippen LogP contribution in [0.25, 0.3) is 0 Å². The summed E-state index contributed by atoms with van der Waals surface area (Å²) in [5, 5.41) is 2.77. The number of ether oxygens (including phenoxy) is 2. The number of alkyl carbamates (subject to hydrolysis) is 1. The Bertz CT molecular complexity index is 308. The van der Waals surface area contributed by atoms with Crippen LogP contribution >= 0.6 is 0 Å². The molecular formula is C23H47NO3. The lowest BCUT2D eigenvalue weighted by atomic mass is 10.1. The van der Waals surface area contributed by atoms with Crippen molar-refractivity contribution in [2.45, 2.75) is 111 Å². The van der Waals surface area contributed by atoms with Gasteiger partial charge in [-0.1, -0.05) is 91.4 Å². The zero-order valence-corrected chi connectivity index (χ0v) is 18.5. The van der Waals surface area contributed by atoms with E-state index in [0.717, 1.165) is 25.9 Å². The number of hydrogen-bond acceptors (Lipinski definition) is 3. The van der Waals surface area contributed by atoms with Crippen molar-refractivity contribution >= 4 is 6.09 Å². The van der Waals surface area contributed by atoms with E-state index in [1.807, 2.05) is 0 Å². The molecule has 0 saturated heterocycles. The number of unbranched alkanes of at least 4 members (excludes halogenated alkanes) is 11. The molecule has 0 aliphatic rings. The van der Waals surface area contributed by atoms with Gasteiger partial charge in [0.2, 0.25) is 0 Å². The minimum atomic E-state index is -0.309. The fourth-order valence-electron chi connectivity index (χ4n) is 2.99. The van der Waals surface area contributed by atoms with Crippen molar-refractivity contribution in [1.82, 2.24) is 5.32 Å². The molecule has 0 heterocycles. The van der Waals surface area contributed by atoms with E-state index in [0.29, 0.717) is 25.7 Å². The van der Waals surface area contributed by atoms with E-state index in [9.17, 15) is 4.79 Å². The van der Waals surface area contributed by atoms with Crippen LogP contribution in [-0.2, 0) is 9.47 Å². The molecule has 0 spiro atoms. The summed E-state index contributed by atoms with van der Waals surface area (Å²) in [4.78, 5) is 11.4. The predicted molar refractivity (Wildman–Crippen MR) is 115 cm³/mol. The molecule has 4 nitrogen and oxygen atoms in total. The van der Waals surface area contributed by atoms with Crippen LogP contribution in [0, 0.1) is 5.92 Å². The second kappa shape index (κ2) is 21.5. The van der Waals surface area contributed by atoms with E-state index >= 15 is 0 Å². The first kappa shape index (κ1) is 26.2. The lowest BCUT2D eigenvalue weighted by molar-refractivity contribution is 0.0984. The van der Waals surface area contributed by atoms with Gasteiger partial charge in [-0.25, -0.2) is 4.79 Å². The standard InChI is InChI=1S/C23H47NO3/c1-4-5-6-7-8-9-10-11-12-13-14-15-19-26-20-16-21-27-23(25)24-18-17-22(2)3/h22H,4-21H2,1-3H3,(H,24,25). The first-order chi connectivity index (χ1) is 13.2. The highest BCUT2D eigenvalue weighted by molar-refractivity contribution is 5.66. The van der Waals surface area contributed by atoms with Crippen LogP contribution in [0.3, 0.4) is 0 Å². The second-order valence-corrected chi connectivity index (χ2v) is 8.10. The van der Waals surface area contributed by atoms with Crippen LogP contribution in [0.5, 0.6) is 0 Å². The van der Waals surface area contributed by atoms with Crippen molar-refractivity contribution in [3.63, 3.8) is 0 Å². The van der Waals surface area contributed by atoms with E-state index in [1.54, 1.807) is 0 Å². The minimum Gasteiger partial charge on any atom is -0.449 e. The Hall–Kier alpha value is -0.770. The number of hydrogen-bond donors (Lipinski definition) is 1. The van der Waals surface area contributed by atoms with E-state index in [4.69, 9.17) is 9.47 Å². The van der Waals surface area contributed by atoms with Gasteiger partial charge < -0.3 is 14.8 Å². The fourth-order valence-corrected chi connectivity index (χ4v) is 2.99. The van der Waals surface area contributed by atoms with Crippen LogP contribution in [0.2, 0.25) is 0 Å². The third-order valence-electron chi connectivity index (χ3n) is 4.80. The summed E-state index contributed by atoms with van der Waals surface area (Å²) in [6.07, 6.45) is 17.8. The van der Waals surface area contributed by atoms with Crippen LogP contribution in [0.15, 0.2) is 0 Å². The second-order valence-electron chi connectivity index (χ2n) is 8.10. The summed E-state index contributed by atoms with van der Waals surface area (Å²) in [5.74, 6) is 0.596. The zero-order valence-electron chi connectivity index (χ0n) is 18.5. The maximum atomic E-state index is 11.4.